The monoisotopic (exact) mass is 400 g/mol. The van der Waals surface area contributed by atoms with Gasteiger partial charge in [0.1, 0.15) is 10.7 Å². The van der Waals surface area contributed by atoms with Crippen molar-refractivity contribution in [1.82, 2.24) is 9.29 Å². The van der Waals surface area contributed by atoms with Gasteiger partial charge in [-0.2, -0.15) is 4.31 Å². The zero-order chi connectivity index (χ0) is 19.6. The summed E-state index contributed by atoms with van der Waals surface area (Å²) in [6, 6.07) is 11.1. The number of nitrogens with zero attached hydrogens (tertiary/aromatic N) is 3. The SMILES string of the molecule is O=C(CNc1ccc(S(=O)(=O)N2CCCC2)cn1)N1CCCc2ccccc21. The molecule has 0 atom stereocenters. The molecule has 28 heavy (non-hydrogen) atoms. The molecule has 1 fully saturated rings. The first-order chi connectivity index (χ1) is 13.6. The van der Waals surface area contributed by atoms with Crippen LogP contribution in [0.15, 0.2) is 47.5 Å². The maximum Gasteiger partial charge on any atom is 0.246 e. The molecule has 4 rings (SSSR count). The van der Waals surface area contributed by atoms with E-state index in [9.17, 15) is 13.2 Å². The number of carbonyl (C=O) groups excluding carboxylic acids is 1. The number of fused-ring (bicyclic) bond motifs is 1. The first-order valence-corrected chi connectivity index (χ1v) is 11.1. The number of para-hydroxylation sites is 1. The van der Waals surface area contributed by atoms with Crippen LogP contribution in [0.4, 0.5) is 11.5 Å². The Bertz CT molecular complexity index is 954. The maximum atomic E-state index is 12.7. The summed E-state index contributed by atoms with van der Waals surface area (Å²) < 4.78 is 26.6. The van der Waals surface area contributed by atoms with Crippen LogP contribution in [0.5, 0.6) is 0 Å². The number of benzene rings is 1. The van der Waals surface area contributed by atoms with E-state index in [0.29, 0.717) is 25.5 Å². The average Bonchev–Trinajstić information content (AvgIpc) is 3.28. The molecule has 1 amide bonds. The molecule has 2 aromatic rings. The molecule has 1 N–H and O–H groups in total. The third-order valence-corrected chi connectivity index (χ3v) is 7.15. The Morgan fingerprint density at radius 3 is 2.57 bits per heavy atom. The van der Waals surface area contributed by atoms with E-state index >= 15 is 0 Å². The molecule has 1 aromatic carbocycles. The minimum absolute atomic E-state index is 0.0253. The molecule has 1 saturated heterocycles. The van der Waals surface area contributed by atoms with Gasteiger partial charge in [0, 0.05) is 31.5 Å². The van der Waals surface area contributed by atoms with Crippen LogP contribution in [0, 0.1) is 0 Å². The Morgan fingerprint density at radius 1 is 1.04 bits per heavy atom. The molecule has 2 aliphatic rings. The van der Waals surface area contributed by atoms with Crippen molar-refractivity contribution in [3.63, 3.8) is 0 Å². The number of aryl methyl sites for hydroxylation is 1. The number of aromatic nitrogens is 1. The van der Waals surface area contributed by atoms with E-state index in [0.717, 1.165) is 31.4 Å². The number of hydrogen-bond donors (Lipinski definition) is 1. The number of amides is 1. The fourth-order valence-electron chi connectivity index (χ4n) is 3.77. The number of pyridine rings is 1. The largest absolute Gasteiger partial charge is 0.361 e. The van der Waals surface area contributed by atoms with Gasteiger partial charge in [-0.3, -0.25) is 4.79 Å². The van der Waals surface area contributed by atoms with Gasteiger partial charge in [-0.05, 0) is 49.4 Å². The Kier molecular flexibility index (Phi) is 5.32. The minimum Gasteiger partial charge on any atom is -0.361 e. The van der Waals surface area contributed by atoms with Gasteiger partial charge in [0.15, 0.2) is 0 Å². The van der Waals surface area contributed by atoms with Crippen molar-refractivity contribution in [3.8, 4) is 0 Å². The maximum absolute atomic E-state index is 12.7. The topological polar surface area (TPSA) is 82.6 Å². The molecule has 148 valence electrons. The number of hydrogen-bond acceptors (Lipinski definition) is 5. The highest BCUT2D eigenvalue weighted by Gasteiger charge is 2.27. The normalized spacial score (nSPS) is 17.4. The van der Waals surface area contributed by atoms with Gasteiger partial charge < -0.3 is 10.2 Å². The van der Waals surface area contributed by atoms with E-state index in [1.807, 2.05) is 18.2 Å². The molecule has 7 nitrogen and oxygen atoms in total. The fourth-order valence-corrected chi connectivity index (χ4v) is 5.23. The summed E-state index contributed by atoms with van der Waals surface area (Å²) in [7, 11) is -3.47. The first-order valence-electron chi connectivity index (χ1n) is 9.64. The van der Waals surface area contributed by atoms with Crippen LogP contribution in [-0.2, 0) is 21.2 Å². The summed E-state index contributed by atoms with van der Waals surface area (Å²) in [5.74, 6) is 0.460. The fraction of sp³-hybridized carbons (Fsp3) is 0.400. The lowest BCUT2D eigenvalue weighted by Crippen LogP contribution is -2.39. The highest BCUT2D eigenvalue weighted by molar-refractivity contribution is 7.89. The number of sulfonamides is 1. The molecule has 0 radical (unpaired) electrons. The van der Waals surface area contributed by atoms with Crippen molar-refractivity contribution in [3.05, 3.63) is 48.2 Å². The number of anilines is 2. The van der Waals surface area contributed by atoms with E-state index in [4.69, 9.17) is 0 Å². The minimum atomic E-state index is -3.47. The lowest BCUT2D eigenvalue weighted by Gasteiger charge is -2.29. The van der Waals surface area contributed by atoms with Crippen molar-refractivity contribution >= 4 is 27.4 Å². The molecule has 0 bridgehead atoms. The highest BCUT2D eigenvalue weighted by Crippen LogP contribution is 2.26. The molecule has 1 aromatic heterocycles. The van der Waals surface area contributed by atoms with E-state index in [-0.39, 0.29) is 17.3 Å². The number of nitrogens with one attached hydrogen (secondary N) is 1. The molecule has 0 unspecified atom stereocenters. The molecular weight excluding hydrogens is 376 g/mol. The van der Waals surface area contributed by atoms with Gasteiger partial charge in [0.2, 0.25) is 15.9 Å². The number of rotatable bonds is 5. The molecule has 2 aliphatic heterocycles. The Morgan fingerprint density at radius 2 is 1.82 bits per heavy atom. The standard InChI is InChI=1S/C20H24N4O3S/c25-20(24-13-5-7-16-6-1-2-8-18(16)24)15-22-19-10-9-17(14-21-19)28(26,27)23-11-3-4-12-23/h1-2,6,8-10,14H,3-5,7,11-13,15H2,(H,21,22). The van der Waals surface area contributed by atoms with Gasteiger partial charge in [0.05, 0.1) is 6.54 Å². The summed E-state index contributed by atoms with van der Waals surface area (Å²) >= 11 is 0. The van der Waals surface area contributed by atoms with Crippen molar-refractivity contribution in [2.24, 2.45) is 0 Å². The van der Waals surface area contributed by atoms with Crippen molar-refractivity contribution in [2.75, 3.05) is 36.4 Å². The molecular formula is C20H24N4O3S. The first kappa shape index (κ1) is 18.9. The van der Waals surface area contributed by atoms with E-state index in [2.05, 4.69) is 16.4 Å². The predicted molar refractivity (Wildman–Crippen MR) is 108 cm³/mol. The van der Waals surface area contributed by atoms with Crippen LogP contribution in [0.3, 0.4) is 0 Å². The lowest BCUT2D eigenvalue weighted by molar-refractivity contribution is -0.117. The van der Waals surface area contributed by atoms with E-state index in [1.54, 1.807) is 17.0 Å². The zero-order valence-corrected chi connectivity index (χ0v) is 16.5. The van der Waals surface area contributed by atoms with E-state index < -0.39 is 10.0 Å². The van der Waals surface area contributed by atoms with Gasteiger partial charge in [-0.1, -0.05) is 18.2 Å². The molecule has 3 heterocycles. The molecule has 0 spiro atoms. The summed E-state index contributed by atoms with van der Waals surface area (Å²) in [5.41, 5.74) is 2.16. The summed E-state index contributed by atoms with van der Waals surface area (Å²) in [6.45, 7) is 1.94. The predicted octanol–water partition coefficient (Wildman–Crippen LogP) is 2.26. The van der Waals surface area contributed by atoms with Crippen LogP contribution in [0.2, 0.25) is 0 Å². The van der Waals surface area contributed by atoms with E-state index in [1.165, 1.54) is 16.1 Å². The third kappa shape index (κ3) is 3.74. The second-order valence-electron chi connectivity index (χ2n) is 7.12. The van der Waals surface area contributed by atoms with Crippen LogP contribution in [-0.4, -0.2) is 49.8 Å². The van der Waals surface area contributed by atoms with Crippen LogP contribution < -0.4 is 10.2 Å². The third-order valence-electron chi connectivity index (χ3n) is 5.27. The van der Waals surface area contributed by atoms with Crippen LogP contribution in [0.25, 0.3) is 0 Å². The zero-order valence-electron chi connectivity index (χ0n) is 15.7. The summed E-state index contributed by atoms with van der Waals surface area (Å²) in [6.07, 6.45) is 5.09. The molecule has 8 heteroatoms. The van der Waals surface area contributed by atoms with Gasteiger partial charge in [0.25, 0.3) is 0 Å². The number of carbonyl (C=O) groups is 1. The Labute approximate surface area is 165 Å². The summed E-state index contributed by atoms with van der Waals surface area (Å²) in [4.78, 5) is 18.9. The van der Waals surface area contributed by atoms with Crippen molar-refractivity contribution < 1.29 is 13.2 Å². The highest BCUT2D eigenvalue weighted by atomic mass is 32.2. The molecule has 0 saturated carbocycles. The van der Waals surface area contributed by atoms with Gasteiger partial charge in [-0.25, -0.2) is 13.4 Å². The quantitative estimate of drug-likeness (QED) is 0.832. The average molecular weight is 401 g/mol. The second kappa shape index (κ2) is 7.89. The van der Waals surface area contributed by atoms with Crippen LogP contribution in [0.1, 0.15) is 24.8 Å². The smallest absolute Gasteiger partial charge is 0.246 e. The Balaban J connectivity index is 1.40. The second-order valence-corrected chi connectivity index (χ2v) is 9.06. The van der Waals surface area contributed by atoms with Crippen LogP contribution >= 0.6 is 0 Å². The van der Waals surface area contributed by atoms with Crippen molar-refractivity contribution in [1.29, 1.82) is 0 Å². The summed E-state index contributed by atoms with van der Waals surface area (Å²) in [5, 5.41) is 3.01. The van der Waals surface area contributed by atoms with Crippen molar-refractivity contribution in [2.45, 2.75) is 30.6 Å². The molecule has 0 aliphatic carbocycles. The van der Waals surface area contributed by atoms with Gasteiger partial charge in [-0.15, -0.1) is 0 Å². The lowest BCUT2D eigenvalue weighted by atomic mass is 10.0. The Hall–Kier alpha value is -2.45. The van der Waals surface area contributed by atoms with Gasteiger partial charge >= 0.3 is 0 Å².